The van der Waals surface area contributed by atoms with Gasteiger partial charge in [-0.15, -0.1) is 0 Å². The molecule has 1 heterocycles. The molecule has 7 heteroatoms. The van der Waals surface area contributed by atoms with Crippen molar-refractivity contribution in [1.29, 1.82) is 0 Å². The SMILES string of the molecule is CC.Cc1ccc(OC2CCCCC2)c([C@H]2NC(=O)C[C@@H](c3cccc(Cl)c3)C2C(=O)Nc2cccc(Cl)c2)c1. The second-order valence-electron chi connectivity index (χ2n) is 10.4. The van der Waals surface area contributed by atoms with E-state index in [4.69, 9.17) is 27.9 Å². The number of carbonyl (C=O) groups excluding carboxylic acids is 2. The fourth-order valence-electron chi connectivity index (χ4n) is 5.72. The van der Waals surface area contributed by atoms with Crippen molar-refractivity contribution < 1.29 is 14.3 Å². The van der Waals surface area contributed by atoms with Gasteiger partial charge in [0.25, 0.3) is 0 Å². The van der Waals surface area contributed by atoms with Crippen molar-refractivity contribution in [1.82, 2.24) is 5.32 Å². The standard InChI is InChI=1S/C31H32Cl2N2O3.C2H6/c1-19-13-14-27(38-24-11-3-2-4-12-24)26(15-19)30-29(31(37)34-23-10-6-9-22(33)17-23)25(18-28(36)35-30)20-7-5-8-21(32)16-20;1-2/h5-10,13-17,24-25,29-30H,2-4,11-12,18H2,1H3,(H,34,37)(H,35,36);1-2H3/t25-,29?,30+;/m0./s1. The summed E-state index contributed by atoms with van der Waals surface area (Å²) < 4.78 is 6.53. The van der Waals surface area contributed by atoms with E-state index in [9.17, 15) is 9.59 Å². The highest BCUT2D eigenvalue weighted by atomic mass is 35.5. The number of aryl methyl sites for hydroxylation is 1. The Morgan fingerprint density at radius 3 is 2.33 bits per heavy atom. The molecule has 0 spiro atoms. The summed E-state index contributed by atoms with van der Waals surface area (Å²) in [4.78, 5) is 27.2. The Morgan fingerprint density at radius 2 is 1.62 bits per heavy atom. The minimum atomic E-state index is -0.611. The number of amides is 2. The van der Waals surface area contributed by atoms with Crippen molar-refractivity contribution in [3.8, 4) is 5.75 Å². The molecule has 5 rings (SSSR count). The highest BCUT2D eigenvalue weighted by Crippen LogP contribution is 2.44. The molecule has 3 aromatic carbocycles. The van der Waals surface area contributed by atoms with E-state index in [1.54, 1.807) is 30.3 Å². The van der Waals surface area contributed by atoms with Crippen molar-refractivity contribution in [2.45, 2.75) is 77.4 Å². The van der Waals surface area contributed by atoms with E-state index in [1.165, 1.54) is 6.42 Å². The normalized spacial score (nSPS) is 21.0. The number of rotatable bonds is 6. The molecule has 2 aliphatic rings. The maximum atomic E-state index is 14.0. The summed E-state index contributed by atoms with van der Waals surface area (Å²) >= 11 is 12.5. The molecule has 2 amide bonds. The minimum absolute atomic E-state index is 0.114. The van der Waals surface area contributed by atoms with Gasteiger partial charge in [0.15, 0.2) is 0 Å². The van der Waals surface area contributed by atoms with Gasteiger partial charge in [-0.05, 0) is 74.6 Å². The van der Waals surface area contributed by atoms with E-state index in [2.05, 4.69) is 10.6 Å². The van der Waals surface area contributed by atoms with Crippen molar-refractivity contribution >= 4 is 40.7 Å². The zero-order chi connectivity index (χ0) is 28.6. The Kier molecular flexibility index (Phi) is 10.5. The molecular formula is C33H38Cl2N2O3. The molecule has 0 bridgehead atoms. The second-order valence-corrected chi connectivity index (χ2v) is 11.2. The van der Waals surface area contributed by atoms with Gasteiger partial charge in [-0.25, -0.2) is 0 Å². The molecule has 3 aromatic rings. The lowest BCUT2D eigenvalue weighted by atomic mass is 9.73. The summed E-state index contributed by atoms with van der Waals surface area (Å²) in [7, 11) is 0. The van der Waals surface area contributed by atoms with Crippen LogP contribution in [0.15, 0.2) is 66.7 Å². The number of hydrogen-bond acceptors (Lipinski definition) is 3. The van der Waals surface area contributed by atoms with Crippen LogP contribution in [0.2, 0.25) is 10.0 Å². The van der Waals surface area contributed by atoms with Gasteiger partial charge >= 0.3 is 0 Å². The van der Waals surface area contributed by atoms with Crippen LogP contribution in [0.1, 0.15) is 81.0 Å². The zero-order valence-corrected chi connectivity index (χ0v) is 24.9. The molecule has 40 heavy (non-hydrogen) atoms. The fourth-order valence-corrected chi connectivity index (χ4v) is 6.11. The predicted molar refractivity (Wildman–Crippen MR) is 163 cm³/mol. The van der Waals surface area contributed by atoms with E-state index in [0.29, 0.717) is 15.7 Å². The van der Waals surface area contributed by atoms with Crippen molar-refractivity contribution in [2.24, 2.45) is 5.92 Å². The maximum absolute atomic E-state index is 14.0. The minimum Gasteiger partial charge on any atom is -0.490 e. The molecule has 0 aromatic heterocycles. The smallest absolute Gasteiger partial charge is 0.230 e. The number of ether oxygens (including phenoxy) is 1. The van der Waals surface area contributed by atoms with Crippen LogP contribution < -0.4 is 15.4 Å². The quantitative estimate of drug-likeness (QED) is 0.306. The van der Waals surface area contributed by atoms with Gasteiger partial charge in [-0.1, -0.05) is 79.4 Å². The van der Waals surface area contributed by atoms with Gasteiger partial charge in [-0.3, -0.25) is 9.59 Å². The predicted octanol–water partition coefficient (Wildman–Crippen LogP) is 8.64. The first kappa shape index (κ1) is 30.0. The first-order chi connectivity index (χ1) is 19.4. The summed E-state index contributed by atoms with van der Waals surface area (Å²) in [5.74, 6) is -0.584. The van der Waals surface area contributed by atoms with Crippen LogP contribution in [0.4, 0.5) is 5.69 Å². The summed E-state index contributed by atoms with van der Waals surface area (Å²) in [6.45, 7) is 6.01. The van der Waals surface area contributed by atoms with Gasteiger partial charge in [0.05, 0.1) is 18.1 Å². The Morgan fingerprint density at radius 1 is 0.925 bits per heavy atom. The van der Waals surface area contributed by atoms with E-state index >= 15 is 0 Å². The van der Waals surface area contributed by atoms with Crippen LogP contribution in [0.25, 0.3) is 0 Å². The van der Waals surface area contributed by atoms with Crippen LogP contribution in [-0.4, -0.2) is 17.9 Å². The van der Waals surface area contributed by atoms with Crippen LogP contribution in [0.5, 0.6) is 5.75 Å². The van der Waals surface area contributed by atoms with Crippen molar-refractivity contribution in [3.63, 3.8) is 0 Å². The van der Waals surface area contributed by atoms with Crippen LogP contribution >= 0.6 is 23.2 Å². The summed E-state index contributed by atoms with van der Waals surface area (Å²) in [5.41, 5.74) is 3.31. The lowest BCUT2D eigenvalue weighted by Crippen LogP contribution is -2.47. The maximum Gasteiger partial charge on any atom is 0.230 e. The van der Waals surface area contributed by atoms with Crippen LogP contribution in [-0.2, 0) is 9.59 Å². The molecule has 5 nitrogen and oxygen atoms in total. The Labute approximate surface area is 247 Å². The summed E-state index contributed by atoms with van der Waals surface area (Å²) in [5, 5.41) is 7.29. The van der Waals surface area contributed by atoms with E-state index in [0.717, 1.165) is 48.1 Å². The van der Waals surface area contributed by atoms with Gasteiger partial charge in [0.2, 0.25) is 11.8 Å². The van der Waals surface area contributed by atoms with Crippen molar-refractivity contribution in [2.75, 3.05) is 5.32 Å². The van der Waals surface area contributed by atoms with Gasteiger partial charge in [0, 0.05) is 33.6 Å². The molecule has 1 saturated carbocycles. The second kappa shape index (κ2) is 14.0. The molecule has 3 atom stereocenters. The summed E-state index contributed by atoms with van der Waals surface area (Å²) in [6, 6.07) is 19.9. The van der Waals surface area contributed by atoms with Crippen LogP contribution in [0, 0.1) is 12.8 Å². The summed E-state index contributed by atoms with van der Waals surface area (Å²) in [6.07, 6.45) is 5.84. The van der Waals surface area contributed by atoms with Crippen LogP contribution in [0.3, 0.4) is 0 Å². The Balaban J connectivity index is 0.00000181. The van der Waals surface area contributed by atoms with Gasteiger partial charge < -0.3 is 15.4 Å². The van der Waals surface area contributed by atoms with E-state index in [1.807, 2.05) is 57.2 Å². The highest BCUT2D eigenvalue weighted by molar-refractivity contribution is 6.31. The molecule has 1 aliphatic heterocycles. The molecule has 1 aliphatic carbocycles. The average molecular weight is 582 g/mol. The number of hydrogen-bond donors (Lipinski definition) is 2. The molecule has 2 N–H and O–H groups in total. The average Bonchev–Trinajstić information content (AvgIpc) is 2.95. The first-order valence-electron chi connectivity index (χ1n) is 14.3. The monoisotopic (exact) mass is 580 g/mol. The third-order valence-corrected chi connectivity index (χ3v) is 8.00. The highest BCUT2D eigenvalue weighted by Gasteiger charge is 2.44. The number of nitrogens with one attached hydrogen (secondary N) is 2. The number of halogens is 2. The first-order valence-corrected chi connectivity index (χ1v) is 15.0. The third-order valence-electron chi connectivity index (χ3n) is 7.53. The largest absolute Gasteiger partial charge is 0.490 e. The topological polar surface area (TPSA) is 67.4 Å². The molecule has 1 unspecified atom stereocenters. The molecule has 212 valence electrons. The van der Waals surface area contributed by atoms with Crippen molar-refractivity contribution in [3.05, 3.63) is 93.5 Å². The fraction of sp³-hybridized carbons (Fsp3) is 0.394. The Hall–Kier alpha value is -3.02. The molecule has 2 fully saturated rings. The lowest BCUT2D eigenvalue weighted by Gasteiger charge is -2.39. The zero-order valence-electron chi connectivity index (χ0n) is 23.4. The van der Waals surface area contributed by atoms with E-state index in [-0.39, 0.29) is 30.3 Å². The number of piperidine rings is 1. The molecule has 0 radical (unpaired) electrons. The van der Waals surface area contributed by atoms with Gasteiger partial charge in [-0.2, -0.15) is 0 Å². The number of carbonyl (C=O) groups is 2. The third kappa shape index (κ3) is 7.38. The van der Waals surface area contributed by atoms with E-state index < -0.39 is 12.0 Å². The molecule has 1 saturated heterocycles. The van der Waals surface area contributed by atoms with Gasteiger partial charge in [0.1, 0.15) is 5.75 Å². The Bertz CT molecular complexity index is 1320. The number of anilines is 1. The number of benzene rings is 3. The lowest BCUT2D eigenvalue weighted by molar-refractivity contribution is -0.129. The molecular weight excluding hydrogens is 543 g/mol.